The number of rotatable bonds is 4. The molecule has 4 aliphatic rings. The molecule has 180 valence electrons. The standard InChI is InChI=1S/C26H31N3O5/c1-16(2)28-14-8-12-26-21(20-19(34-26)11-7-13-27(3)23(20)31)24(32)29(22(26)25(28)33)18(15-30)17-9-5-4-6-10-17/h4-12,16,18-22,30H,13-15H2,1-3H3/t18-,19-,20+,21+,22?,26+/m1/s1. The molecule has 1 unspecified atom stereocenters. The largest absolute Gasteiger partial charge is 0.394 e. The van der Waals surface area contributed by atoms with Crippen molar-refractivity contribution in [2.24, 2.45) is 11.8 Å². The minimum absolute atomic E-state index is 0.0906. The zero-order valence-corrected chi connectivity index (χ0v) is 19.7. The number of fused-ring (bicyclic) bond motifs is 2. The molecule has 2 saturated heterocycles. The molecule has 8 heteroatoms. The predicted octanol–water partition coefficient (Wildman–Crippen LogP) is 1.14. The summed E-state index contributed by atoms with van der Waals surface area (Å²) in [4.78, 5) is 46.5. The van der Waals surface area contributed by atoms with E-state index in [4.69, 9.17) is 4.74 Å². The normalized spacial score (nSPS) is 33.7. The van der Waals surface area contributed by atoms with E-state index < -0.39 is 35.6 Å². The fraction of sp³-hybridized carbons (Fsp3) is 0.500. The first-order chi connectivity index (χ1) is 16.3. The Morgan fingerprint density at radius 2 is 1.79 bits per heavy atom. The van der Waals surface area contributed by atoms with Crippen LogP contribution in [0.4, 0.5) is 0 Å². The van der Waals surface area contributed by atoms with Crippen LogP contribution < -0.4 is 0 Å². The summed E-state index contributed by atoms with van der Waals surface area (Å²) in [5.41, 5.74) is -0.556. The number of likely N-dealkylation sites (N-methyl/N-ethyl adjacent to an activating group) is 1. The lowest BCUT2D eigenvalue weighted by Crippen LogP contribution is -2.57. The van der Waals surface area contributed by atoms with Gasteiger partial charge in [0.25, 0.3) is 0 Å². The Balaban J connectivity index is 1.69. The van der Waals surface area contributed by atoms with Gasteiger partial charge >= 0.3 is 0 Å². The second-order valence-electron chi connectivity index (χ2n) is 9.83. The average Bonchev–Trinajstić information content (AvgIpc) is 3.14. The van der Waals surface area contributed by atoms with E-state index in [1.165, 1.54) is 4.90 Å². The first kappa shape index (κ1) is 22.8. The van der Waals surface area contributed by atoms with E-state index in [2.05, 4.69) is 0 Å². The Kier molecular flexibility index (Phi) is 5.61. The number of likely N-dealkylation sites (tertiary alicyclic amines) is 1. The lowest BCUT2D eigenvalue weighted by Gasteiger charge is -2.39. The molecule has 1 spiro atoms. The fourth-order valence-electron chi connectivity index (χ4n) is 6.05. The van der Waals surface area contributed by atoms with Gasteiger partial charge in [-0.05, 0) is 19.4 Å². The monoisotopic (exact) mass is 465 g/mol. The Hall–Kier alpha value is -2.97. The van der Waals surface area contributed by atoms with Gasteiger partial charge in [-0.1, -0.05) is 54.6 Å². The highest BCUT2D eigenvalue weighted by Crippen LogP contribution is 2.55. The van der Waals surface area contributed by atoms with Gasteiger partial charge in [-0.2, -0.15) is 0 Å². The molecule has 4 aliphatic heterocycles. The van der Waals surface area contributed by atoms with Crippen molar-refractivity contribution in [1.82, 2.24) is 14.7 Å². The fourth-order valence-corrected chi connectivity index (χ4v) is 6.05. The summed E-state index contributed by atoms with van der Waals surface area (Å²) in [6.07, 6.45) is 6.83. The first-order valence-electron chi connectivity index (χ1n) is 11.9. The summed E-state index contributed by atoms with van der Waals surface area (Å²) in [5.74, 6) is -2.32. The van der Waals surface area contributed by atoms with Crippen molar-refractivity contribution in [3.8, 4) is 0 Å². The number of carbonyl (C=O) groups is 3. The molecule has 1 N–H and O–H groups in total. The summed E-state index contributed by atoms with van der Waals surface area (Å²) < 4.78 is 6.58. The number of aliphatic hydroxyl groups is 1. The van der Waals surface area contributed by atoms with Crippen LogP contribution in [0.15, 0.2) is 54.6 Å². The van der Waals surface area contributed by atoms with Crippen LogP contribution in [0.2, 0.25) is 0 Å². The summed E-state index contributed by atoms with van der Waals surface area (Å²) in [6.45, 7) is 4.35. The maximum absolute atomic E-state index is 14.2. The molecule has 5 rings (SSSR count). The Labute approximate surface area is 199 Å². The van der Waals surface area contributed by atoms with Crippen LogP contribution in [-0.4, -0.2) is 88.1 Å². The Morgan fingerprint density at radius 1 is 1.06 bits per heavy atom. The van der Waals surface area contributed by atoms with E-state index in [1.54, 1.807) is 16.8 Å². The highest BCUT2D eigenvalue weighted by Gasteiger charge is 2.72. The lowest BCUT2D eigenvalue weighted by molar-refractivity contribution is -0.152. The summed E-state index contributed by atoms with van der Waals surface area (Å²) in [7, 11) is 1.71. The zero-order chi connectivity index (χ0) is 24.2. The van der Waals surface area contributed by atoms with E-state index >= 15 is 0 Å². The van der Waals surface area contributed by atoms with Gasteiger partial charge in [0.1, 0.15) is 11.6 Å². The molecule has 1 aromatic rings. The number of aliphatic hydroxyl groups excluding tert-OH is 1. The van der Waals surface area contributed by atoms with Crippen molar-refractivity contribution in [2.45, 2.75) is 43.7 Å². The van der Waals surface area contributed by atoms with Crippen molar-refractivity contribution in [1.29, 1.82) is 0 Å². The molecule has 0 radical (unpaired) electrons. The van der Waals surface area contributed by atoms with Crippen molar-refractivity contribution in [3.63, 3.8) is 0 Å². The highest BCUT2D eigenvalue weighted by molar-refractivity contribution is 6.00. The van der Waals surface area contributed by atoms with Gasteiger partial charge < -0.3 is 24.5 Å². The molecule has 4 heterocycles. The van der Waals surface area contributed by atoms with Crippen LogP contribution in [0.25, 0.3) is 0 Å². The SMILES string of the molecule is CC(C)N1CC=C[C@]23O[C@@H]4C=CCN(C)C(=O)[C@@H]4[C@H]2C(=O)N([C@H](CO)c2ccccc2)C3C1=O. The number of hydrogen-bond donors (Lipinski definition) is 1. The summed E-state index contributed by atoms with van der Waals surface area (Å²) >= 11 is 0. The summed E-state index contributed by atoms with van der Waals surface area (Å²) in [5, 5.41) is 10.4. The number of hydrogen-bond acceptors (Lipinski definition) is 5. The molecule has 6 atom stereocenters. The predicted molar refractivity (Wildman–Crippen MR) is 124 cm³/mol. The molecule has 0 aliphatic carbocycles. The Bertz CT molecular complexity index is 1050. The quantitative estimate of drug-likeness (QED) is 0.674. The third-order valence-electron chi connectivity index (χ3n) is 7.65. The number of ether oxygens (including phenoxy) is 1. The minimum atomic E-state index is -1.28. The van der Waals surface area contributed by atoms with E-state index in [0.717, 1.165) is 5.56 Å². The van der Waals surface area contributed by atoms with E-state index in [9.17, 15) is 19.5 Å². The molecule has 2 fully saturated rings. The number of nitrogens with zero attached hydrogens (tertiary/aromatic N) is 3. The van der Waals surface area contributed by atoms with Gasteiger partial charge in [-0.15, -0.1) is 0 Å². The third-order valence-corrected chi connectivity index (χ3v) is 7.65. The number of benzene rings is 1. The molecule has 34 heavy (non-hydrogen) atoms. The Morgan fingerprint density at radius 3 is 2.47 bits per heavy atom. The van der Waals surface area contributed by atoms with Crippen LogP contribution in [-0.2, 0) is 19.1 Å². The molecule has 8 nitrogen and oxygen atoms in total. The number of carbonyl (C=O) groups excluding carboxylic acids is 3. The van der Waals surface area contributed by atoms with Gasteiger partial charge in [0.05, 0.1) is 30.6 Å². The van der Waals surface area contributed by atoms with Crippen LogP contribution in [0.3, 0.4) is 0 Å². The van der Waals surface area contributed by atoms with E-state index in [-0.39, 0.29) is 30.4 Å². The maximum atomic E-state index is 14.2. The third kappa shape index (κ3) is 3.15. The van der Waals surface area contributed by atoms with E-state index in [0.29, 0.717) is 13.1 Å². The van der Waals surface area contributed by atoms with Crippen molar-refractivity contribution in [2.75, 3.05) is 26.7 Å². The van der Waals surface area contributed by atoms with Gasteiger partial charge in [-0.3, -0.25) is 14.4 Å². The van der Waals surface area contributed by atoms with Gasteiger partial charge in [0, 0.05) is 26.2 Å². The lowest BCUT2D eigenvalue weighted by atomic mass is 9.77. The maximum Gasteiger partial charge on any atom is 0.249 e. The second-order valence-corrected chi connectivity index (χ2v) is 9.83. The molecular formula is C26H31N3O5. The van der Waals surface area contributed by atoms with Crippen molar-refractivity contribution in [3.05, 3.63) is 60.2 Å². The van der Waals surface area contributed by atoms with Gasteiger partial charge in [0.2, 0.25) is 17.7 Å². The van der Waals surface area contributed by atoms with Crippen LogP contribution in [0.5, 0.6) is 0 Å². The molecular weight excluding hydrogens is 434 g/mol. The smallest absolute Gasteiger partial charge is 0.249 e. The molecule has 1 aromatic carbocycles. The molecule has 3 amide bonds. The molecule has 0 aromatic heterocycles. The molecule has 0 bridgehead atoms. The first-order valence-corrected chi connectivity index (χ1v) is 11.9. The second kappa shape index (κ2) is 8.36. The van der Waals surface area contributed by atoms with Crippen LogP contribution >= 0.6 is 0 Å². The summed E-state index contributed by atoms with van der Waals surface area (Å²) in [6, 6.07) is 7.40. The van der Waals surface area contributed by atoms with Gasteiger partial charge in [0.15, 0.2) is 0 Å². The van der Waals surface area contributed by atoms with E-state index in [1.807, 2.05) is 68.5 Å². The topological polar surface area (TPSA) is 90.4 Å². The average molecular weight is 466 g/mol. The zero-order valence-electron chi connectivity index (χ0n) is 19.7. The van der Waals surface area contributed by atoms with Gasteiger partial charge in [-0.25, -0.2) is 0 Å². The van der Waals surface area contributed by atoms with Crippen molar-refractivity contribution >= 4 is 17.7 Å². The van der Waals surface area contributed by atoms with Crippen LogP contribution in [0.1, 0.15) is 25.5 Å². The van der Waals surface area contributed by atoms with Crippen LogP contribution in [0, 0.1) is 11.8 Å². The molecule has 0 saturated carbocycles. The highest BCUT2D eigenvalue weighted by atomic mass is 16.5. The minimum Gasteiger partial charge on any atom is -0.394 e. The van der Waals surface area contributed by atoms with Crippen molar-refractivity contribution < 1.29 is 24.2 Å². The number of amides is 3.